The third kappa shape index (κ3) is 5.13. The molecular weight excluding hydrogens is 402 g/mol. The summed E-state index contributed by atoms with van der Waals surface area (Å²) in [5.41, 5.74) is 2.19. The Bertz CT molecular complexity index is 1050. The van der Waals surface area contributed by atoms with Crippen LogP contribution in [0, 0.1) is 0 Å². The molecule has 0 bridgehead atoms. The highest BCUT2D eigenvalue weighted by molar-refractivity contribution is 6.33. The second kappa shape index (κ2) is 9.85. The molecule has 0 radical (unpaired) electrons. The number of methoxy groups -OCH3 is 1. The maximum absolute atomic E-state index is 12.5. The lowest BCUT2D eigenvalue weighted by Crippen LogP contribution is -2.43. The maximum atomic E-state index is 12.5. The Hall–Kier alpha value is -3.44. The van der Waals surface area contributed by atoms with E-state index >= 15 is 0 Å². The van der Waals surface area contributed by atoms with Gasteiger partial charge in [0.25, 0.3) is 5.91 Å². The Morgan fingerprint density at radius 3 is 2.10 bits per heavy atom. The minimum atomic E-state index is -0.894. The van der Waals surface area contributed by atoms with E-state index in [1.54, 1.807) is 60.7 Å². The van der Waals surface area contributed by atoms with E-state index in [1.807, 2.05) is 18.2 Å². The smallest absolute Gasteiger partial charge is 0.328 e. The summed E-state index contributed by atoms with van der Waals surface area (Å²) in [7, 11) is 1.26. The summed E-state index contributed by atoms with van der Waals surface area (Å²) >= 11 is 6.06. The van der Waals surface area contributed by atoms with Crippen LogP contribution in [-0.4, -0.2) is 30.8 Å². The number of carbonyl (C=O) groups excluding carboxylic acids is 3. The third-order valence-electron chi connectivity index (χ3n) is 4.60. The van der Waals surface area contributed by atoms with Gasteiger partial charge >= 0.3 is 5.97 Å². The molecule has 0 unspecified atom stereocenters. The number of rotatable bonds is 7. The first-order valence-corrected chi connectivity index (χ1v) is 9.69. The lowest BCUT2D eigenvalue weighted by molar-refractivity contribution is -0.142. The summed E-state index contributed by atoms with van der Waals surface area (Å²) in [4.78, 5) is 37.3. The number of ether oxygens (including phenoxy) is 1. The van der Waals surface area contributed by atoms with E-state index < -0.39 is 17.9 Å². The van der Waals surface area contributed by atoms with Crippen LogP contribution in [0.4, 0.5) is 0 Å². The van der Waals surface area contributed by atoms with Crippen molar-refractivity contribution in [3.8, 4) is 0 Å². The van der Waals surface area contributed by atoms with Gasteiger partial charge in [0.15, 0.2) is 5.78 Å². The largest absolute Gasteiger partial charge is 0.467 e. The van der Waals surface area contributed by atoms with Crippen molar-refractivity contribution in [3.05, 3.63) is 106 Å². The molecule has 0 fully saturated rings. The molecule has 1 atom stereocenters. The Balaban J connectivity index is 1.74. The molecule has 0 aromatic heterocycles. The van der Waals surface area contributed by atoms with Crippen molar-refractivity contribution in [1.82, 2.24) is 5.32 Å². The number of benzene rings is 3. The highest BCUT2D eigenvalue weighted by atomic mass is 35.5. The second-order valence-corrected chi connectivity index (χ2v) is 7.03. The van der Waals surface area contributed by atoms with Gasteiger partial charge in [-0.1, -0.05) is 78.3 Å². The van der Waals surface area contributed by atoms with Gasteiger partial charge in [-0.3, -0.25) is 9.59 Å². The van der Waals surface area contributed by atoms with Gasteiger partial charge in [-0.05, 0) is 17.7 Å². The average Bonchev–Trinajstić information content (AvgIpc) is 2.79. The van der Waals surface area contributed by atoms with Crippen molar-refractivity contribution in [1.29, 1.82) is 0 Å². The zero-order valence-electron chi connectivity index (χ0n) is 16.3. The van der Waals surface area contributed by atoms with Crippen LogP contribution in [-0.2, 0) is 16.0 Å². The number of hydrogen-bond acceptors (Lipinski definition) is 4. The Morgan fingerprint density at radius 1 is 0.867 bits per heavy atom. The lowest BCUT2D eigenvalue weighted by atomic mass is 9.99. The van der Waals surface area contributed by atoms with E-state index in [0.717, 1.165) is 5.56 Å². The molecule has 6 heteroatoms. The number of ketones is 1. The number of halogens is 1. The number of esters is 1. The Labute approximate surface area is 179 Å². The number of nitrogens with one attached hydrogen (secondary N) is 1. The molecule has 3 aromatic carbocycles. The fraction of sp³-hybridized carbons (Fsp3) is 0.125. The predicted molar refractivity (Wildman–Crippen MR) is 115 cm³/mol. The van der Waals surface area contributed by atoms with E-state index in [-0.39, 0.29) is 17.8 Å². The van der Waals surface area contributed by atoms with Crippen molar-refractivity contribution in [2.75, 3.05) is 7.11 Å². The number of amides is 1. The zero-order chi connectivity index (χ0) is 21.5. The molecule has 0 saturated heterocycles. The number of carbonyl (C=O) groups is 3. The third-order valence-corrected chi connectivity index (χ3v) is 4.93. The fourth-order valence-corrected chi connectivity index (χ4v) is 3.22. The van der Waals surface area contributed by atoms with Crippen molar-refractivity contribution < 1.29 is 19.1 Å². The first kappa shape index (κ1) is 21.3. The first-order valence-electron chi connectivity index (χ1n) is 9.31. The molecule has 3 rings (SSSR count). The molecular formula is C24H20ClNO4. The van der Waals surface area contributed by atoms with E-state index in [9.17, 15) is 14.4 Å². The summed E-state index contributed by atoms with van der Waals surface area (Å²) in [5.74, 6) is -1.12. The minimum Gasteiger partial charge on any atom is -0.467 e. The van der Waals surface area contributed by atoms with E-state index in [0.29, 0.717) is 16.1 Å². The molecule has 0 saturated carbocycles. The van der Waals surface area contributed by atoms with Crippen LogP contribution in [0.5, 0.6) is 0 Å². The van der Waals surface area contributed by atoms with Crippen LogP contribution < -0.4 is 5.32 Å². The Kier molecular flexibility index (Phi) is 6.99. The normalized spacial score (nSPS) is 11.4. The Morgan fingerprint density at radius 2 is 1.47 bits per heavy atom. The molecule has 0 aliphatic rings. The van der Waals surface area contributed by atoms with Gasteiger partial charge in [0.05, 0.1) is 17.7 Å². The van der Waals surface area contributed by atoms with Crippen molar-refractivity contribution >= 4 is 29.3 Å². The molecule has 152 valence electrons. The summed E-state index contributed by atoms with van der Waals surface area (Å²) in [6.45, 7) is 0. The number of hydrogen-bond donors (Lipinski definition) is 1. The molecule has 1 N–H and O–H groups in total. The van der Waals surface area contributed by atoms with Gasteiger partial charge in [0.2, 0.25) is 0 Å². The highest BCUT2D eigenvalue weighted by Gasteiger charge is 2.23. The summed E-state index contributed by atoms with van der Waals surface area (Å²) in [6.07, 6.45) is 0.211. The quantitative estimate of drug-likeness (QED) is 0.460. The molecule has 0 aliphatic carbocycles. The van der Waals surface area contributed by atoms with E-state index in [1.165, 1.54) is 7.11 Å². The van der Waals surface area contributed by atoms with E-state index in [4.69, 9.17) is 16.3 Å². The molecule has 0 aliphatic heterocycles. The molecule has 5 nitrogen and oxygen atoms in total. The van der Waals surface area contributed by atoms with Gasteiger partial charge in [0.1, 0.15) is 6.04 Å². The summed E-state index contributed by atoms with van der Waals surface area (Å²) in [5, 5.41) is 2.97. The molecule has 3 aromatic rings. The van der Waals surface area contributed by atoms with Crippen molar-refractivity contribution in [2.45, 2.75) is 12.5 Å². The van der Waals surface area contributed by atoms with Gasteiger partial charge in [0, 0.05) is 17.5 Å². The van der Waals surface area contributed by atoms with Crippen molar-refractivity contribution in [3.63, 3.8) is 0 Å². The summed E-state index contributed by atoms with van der Waals surface area (Å²) in [6, 6.07) is 21.6. The van der Waals surface area contributed by atoms with Gasteiger partial charge in [-0.2, -0.15) is 0 Å². The monoisotopic (exact) mass is 421 g/mol. The first-order chi connectivity index (χ1) is 14.5. The fourth-order valence-electron chi connectivity index (χ4n) is 3.00. The van der Waals surface area contributed by atoms with Crippen LogP contribution in [0.25, 0.3) is 0 Å². The average molecular weight is 422 g/mol. The second-order valence-electron chi connectivity index (χ2n) is 6.63. The van der Waals surface area contributed by atoms with Gasteiger partial charge < -0.3 is 10.1 Å². The minimum absolute atomic E-state index is 0.0845. The summed E-state index contributed by atoms with van der Waals surface area (Å²) < 4.78 is 4.83. The van der Waals surface area contributed by atoms with Crippen LogP contribution >= 0.6 is 11.6 Å². The predicted octanol–water partition coefficient (Wildman–Crippen LogP) is 4.09. The van der Waals surface area contributed by atoms with Crippen molar-refractivity contribution in [2.24, 2.45) is 0 Å². The zero-order valence-corrected chi connectivity index (χ0v) is 17.1. The SMILES string of the molecule is COC(=O)[C@@H](Cc1ccc(C(=O)c2ccccc2)cc1)NC(=O)c1ccccc1Cl. The van der Waals surface area contributed by atoms with Crippen LogP contribution in [0.2, 0.25) is 5.02 Å². The van der Waals surface area contributed by atoms with Crippen LogP contribution in [0.15, 0.2) is 78.9 Å². The van der Waals surface area contributed by atoms with Gasteiger partial charge in [-0.15, -0.1) is 0 Å². The maximum Gasteiger partial charge on any atom is 0.328 e. The topological polar surface area (TPSA) is 72.5 Å². The highest BCUT2D eigenvalue weighted by Crippen LogP contribution is 2.16. The molecule has 1 amide bonds. The molecule has 0 heterocycles. The van der Waals surface area contributed by atoms with Crippen LogP contribution in [0.3, 0.4) is 0 Å². The standard InChI is InChI=1S/C24H20ClNO4/c1-30-24(29)21(26-23(28)19-9-5-6-10-20(19)25)15-16-11-13-18(14-12-16)22(27)17-7-3-2-4-8-17/h2-14,21H,15H2,1H3,(H,26,28)/t21-/m1/s1. The van der Waals surface area contributed by atoms with Gasteiger partial charge in [-0.25, -0.2) is 4.79 Å². The lowest BCUT2D eigenvalue weighted by Gasteiger charge is -2.17. The van der Waals surface area contributed by atoms with E-state index in [2.05, 4.69) is 5.32 Å². The molecule has 0 spiro atoms. The molecule has 30 heavy (non-hydrogen) atoms. The van der Waals surface area contributed by atoms with Crippen LogP contribution in [0.1, 0.15) is 31.8 Å².